The van der Waals surface area contributed by atoms with Crippen molar-refractivity contribution in [2.75, 3.05) is 37.8 Å². The fourth-order valence-corrected chi connectivity index (χ4v) is 3.65. The smallest absolute Gasteiger partial charge is 0.419 e. The Morgan fingerprint density at radius 1 is 1.12 bits per heavy atom. The predicted molar refractivity (Wildman–Crippen MR) is 115 cm³/mol. The van der Waals surface area contributed by atoms with Gasteiger partial charge in [-0.1, -0.05) is 0 Å². The molecule has 4 N–H and O–H groups in total. The number of nitrogen functional groups attached to an aromatic ring is 1. The number of nitrogens with zero attached hydrogens (tertiary/aromatic N) is 3. The van der Waals surface area contributed by atoms with Crippen molar-refractivity contribution in [1.82, 2.24) is 20.3 Å². The van der Waals surface area contributed by atoms with Crippen molar-refractivity contribution in [3.63, 3.8) is 0 Å². The van der Waals surface area contributed by atoms with Gasteiger partial charge in [-0.15, -0.1) is 0 Å². The average Bonchev–Trinajstić information content (AvgIpc) is 2.78. The summed E-state index contributed by atoms with van der Waals surface area (Å²) in [6, 6.07) is 1.09. The van der Waals surface area contributed by atoms with Crippen LogP contribution in [0.4, 0.5) is 33.5 Å². The largest absolute Gasteiger partial charge is 0.474 e. The van der Waals surface area contributed by atoms with E-state index >= 15 is 4.39 Å². The molecular weight excluding hydrogens is 463 g/mol. The van der Waals surface area contributed by atoms with Crippen LogP contribution in [-0.2, 0) is 6.18 Å². The molecule has 182 valence electrons. The number of hydrogen-bond donors (Lipinski definition) is 3. The van der Waals surface area contributed by atoms with Gasteiger partial charge in [0.25, 0.3) is 0 Å². The molecule has 0 spiro atoms. The number of methoxy groups -OCH3 is 1. The molecule has 1 aliphatic rings. The van der Waals surface area contributed by atoms with Crippen molar-refractivity contribution in [1.29, 1.82) is 0 Å². The Morgan fingerprint density at radius 2 is 1.88 bits per heavy atom. The Kier molecular flexibility index (Phi) is 6.30. The molecule has 3 aromatic rings. The number of hydrogen-bond acceptors (Lipinski definition) is 8. The van der Waals surface area contributed by atoms with Crippen LogP contribution in [0.1, 0.15) is 18.9 Å². The van der Waals surface area contributed by atoms with Crippen molar-refractivity contribution in [3.05, 3.63) is 29.3 Å². The Hall–Kier alpha value is -3.48. The highest BCUT2D eigenvalue weighted by molar-refractivity contribution is 5.96. The quantitative estimate of drug-likeness (QED) is 0.373. The SMILES string of the molecule is COc1nc2c3c(nc(-c4cc(N)cc(F)c4C(F)(F)F)c(F)c3n1)OC(C)CCNCCN2. The molecule has 0 saturated carbocycles. The zero-order valence-corrected chi connectivity index (χ0v) is 18.2. The number of anilines is 2. The van der Waals surface area contributed by atoms with E-state index in [0.717, 1.165) is 6.07 Å². The second kappa shape index (κ2) is 9.05. The molecule has 3 heterocycles. The molecule has 0 radical (unpaired) electrons. The highest BCUT2D eigenvalue weighted by Crippen LogP contribution is 2.43. The summed E-state index contributed by atoms with van der Waals surface area (Å²) in [5, 5.41) is 6.23. The Bertz CT molecular complexity index is 1240. The molecule has 4 rings (SSSR count). The van der Waals surface area contributed by atoms with Crippen LogP contribution in [0.15, 0.2) is 12.1 Å². The molecule has 34 heavy (non-hydrogen) atoms. The third-order valence-corrected chi connectivity index (χ3v) is 5.20. The molecule has 13 heteroatoms. The molecule has 0 aliphatic carbocycles. The first-order chi connectivity index (χ1) is 16.1. The summed E-state index contributed by atoms with van der Waals surface area (Å²) in [4.78, 5) is 12.3. The molecule has 0 fully saturated rings. The van der Waals surface area contributed by atoms with Crippen LogP contribution < -0.4 is 25.8 Å². The van der Waals surface area contributed by atoms with Crippen LogP contribution in [0.5, 0.6) is 11.9 Å². The predicted octanol–water partition coefficient (Wildman–Crippen LogP) is 3.75. The summed E-state index contributed by atoms with van der Waals surface area (Å²) in [7, 11) is 1.26. The third kappa shape index (κ3) is 4.47. The molecule has 0 amide bonds. The number of pyridine rings is 1. The number of aromatic nitrogens is 3. The first kappa shape index (κ1) is 23.7. The van der Waals surface area contributed by atoms with E-state index in [2.05, 4.69) is 25.6 Å². The second-order valence-corrected chi connectivity index (χ2v) is 7.68. The van der Waals surface area contributed by atoms with Crippen LogP contribution >= 0.6 is 0 Å². The number of alkyl halides is 3. The van der Waals surface area contributed by atoms with Crippen LogP contribution in [0.3, 0.4) is 0 Å². The highest BCUT2D eigenvalue weighted by atomic mass is 19.4. The third-order valence-electron chi connectivity index (χ3n) is 5.20. The van der Waals surface area contributed by atoms with Gasteiger partial charge in [0, 0.05) is 24.3 Å². The van der Waals surface area contributed by atoms with Crippen molar-refractivity contribution >= 4 is 22.4 Å². The lowest BCUT2D eigenvalue weighted by Crippen LogP contribution is -2.26. The zero-order valence-electron chi connectivity index (χ0n) is 18.2. The van der Waals surface area contributed by atoms with Crippen molar-refractivity contribution < 1.29 is 31.4 Å². The Labute approximate surface area is 190 Å². The van der Waals surface area contributed by atoms with E-state index in [1.165, 1.54) is 7.11 Å². The summed E-state index contributed by atoms with van der Waals surface area (Å²) >= 11 is 0. The van der Waals surface area contributed by atoms with Gasteiger partial charge in [0.05, 0.1) is 13.2 Å². The Morgan fingerprint density at radius 3 is 2.59 bits per heavy atom. The van der Waals surface area contributed by atoms with Crippen molar-refractivity contribution in [2.24, 2.45) is 0 Å². The summed E-state index contributed by atoms with van der Waals surface area (Å²) < 4.78 is 82.4. The van der Waals surface area contributed by atoms with E-state index in [9.17, 15) is 17.6 Å². The minimum Gasteiger partial charge on any atom is -0.474 e. The van der Waals surface area contributed by atoms with E-state index in [-0.39, 0.29) is 28.8 Å². The molecule has 1 unspecified atom stereocenters. The monoisotopic (exact) mass is 484 g/mol. The maximum Gasteiger partial charge on any atom is 0.419 e. The van der Waals surface area contributed by atoms with Gasteiger partial charge in [-0.2, -0.15) is 23.1 Å². The molecule has 8 nitrogen and oxygen atoms in total. The number of nitrogens with one attached hydrogen (secondary N) is 2. The minimum atomic E-state index is -5.15. The first-order valence-electron chi connectivity index (χ1n) is 10.3. The average molecular weight is 484 g/mol. The van der Waals surface area contributed by atoms with Gasteiger partial charge in [0.2, 0.25) is 5.88 Å². The second-order valence-electron chi connectivity index (χ2n) is 7.68. The fraction of sp³-hybridized carbons (Fsp3) is 0.381. The van der Waals surface area contributed by atoms with Gasteiger partial charge < -0.3 is 25.8 Å². The molecule has 1 aromatic carbocycles. The number of halogens is 5. The fourth-order valence-electron chi connectivity index (χ4n) is 3.65. The number of ether oxygens (including phenoxy) is 2. The topological polar surface area (TPSA) is 107 Å². The minimum absolute atomic E-state index is 0.0220. The normalized spacial score (nSPS) is 17.0. The Balaban J connectivity index is 2.08. The summed E-state index contributed by atoms with van der Waals surface area (Å²) in [5.41, 5.74) is 1.47. The summed E-state index contributed by atoms with van der Waals surface area (Å²) in [5.74, 6) is -2.97. The van der Waals surface area contributed by atoms with E-state index in [0.29, 0.717) is 32.1 Å². The summed E-state index contributed by atoms with van der Waals surface area (Å²) in [6.07, 6.45) is -5.07. The molecule has 2 aromatic heterocycles. The zero-order chi connectivity index (χ0) is 24.6. The van der Waals surface area contributed by atoms with Gasteiger partial charge in [0.15, 0.2) is 5.82 Å². The van der Waals surface area contributed by atoms with E-state index in [4.69, 9.17) is 15.2 Å². The number of benzene rings is 1. The molecular formula is C21H21F5N6O2. The lowest BCUT2D eigenvalue weighted by molar-refractivity contribution is -0.139. The first-order valence-corrected chi connectivity index (χ1v) is 10.3. The lowest BCUT2D eigenvalue weighted by atomic mass is 10.0. The van der Waals surface area contributed by atoms with E-state index in [1.54, 1.807) is 6.92 Å². The van der Waals surface area contributed by atoms with Crippen LogP contribution in [0, 0.1) is 11.6 Å². The molecule has 1 atom stereocenters. The maximum atomic E-state index is 15.8. The van der Waals surface area contributed by atoms with Gasteiger partial charge in [-0.05, 0) is 32.0 Å². The van der Waals surface area contributed by atoms with Crippen molar-refractivity contribution in [2.45, 2.75) is 25.6 Å². The standard InChI is InChI=1S/C21H21F5N6O2/c1-9-3-4-28-5-6-29-18-13-17(31-20(32-18)33-2)15(23)16(30-19(13)34-9)11-7-10(27)8-12(22)14(11)21(24,25)26/h7-9,28H,3-6,27H2,1-2H3,(H,29,31,32). The van der Waals surface area contributed by atoms with Crippen LogP contribution in [-0.4, -0.2) is 47.8 Å². The number of rotatable bonds is 2. The van der Waals surface area contributed by atoms with E-state index in [1.807, 2.05) is 0 Å². The maximum absolute atomic E-state index is 15.8. The van der Waals surface area contributed by atoms with Gasteiger partial charge in [-0.25, -0.2) is 13.8 Å². The molecule has 1 aliphatic heterocycles. The van der Waals surface area contributed by atoms with Crippen molar-refractivity contribution in [3.8, 4) is 23.1 Å². The number of nitrogens with two attached hydrogens (primary N) is 1. The van der Waals surface area contributed by atoms with Crippen LogP contribution in [0.2, 0.25) is 0 Å². The highest BCUT2D eigenvalue weighted by Gasteiger charge is 2.39. The lowest BCUT2D eigenvalue weighted by Gasteiger charge is -2.20. The van der Waals surface area contributed by atoms with Gasteiger partial charge in [-0.3, -0.25) is 0 Å². The molecule has 0 bridgehead atoms. The van der Waals surface area contributed by atoms with Crippen LogP contribution in [0.25, 0.3) is 22.2 Å². The van der Waals surface area contributed by atoms with Gasteiger partial charge >= 0.3 is 12.2 Å². The van der Waals surface area contributed by atoms with Gasteiger partial charge in [0.1, 0.15) is 33.8 Å². The van der Waals surface area contributed by atoms with E-state index < -0.39 is 46.3 Å². The summed E-state index contributed by atoms with van der Waals surface area (Å²) in [6.45, 7) is 3.27. The molecule has 0 saturated heterocycles.